The Hall–Kier alpha value is -2.45. The van der Waals surface area contributed by atoms with Gasteiger partial charge < -0.3 is 0 Å². The fourth-order valence-electron chi connectivity index (χ4n) is 1.63. The third-order valence-electron chi connectivity index (χ3n) is 2.50. The molecule has 0 spiro atoms. The Morgan fingerprint density at radius 1 is 1.30 bits per heavy atom. The number of hydrogen-bond donors (Lipinski definition) is 0. The summed E-state index contributed by atoms with van der Waals surface area (Å²) >= 11 is 0. The van der Waals surface area contributed by atoms with Gasteiger partial charge in [0.15, 0.2) is 5.69 Å². The number of nitrogens with zero attached hydrogens (tertiary/aromatic N) is 3. The quantitative estimate of drug-likeness (QED) is 0.496. The van der Waals surface area contributed by atoms with Crippen LogP contribution in [0, 0.1) is 15.9 Å². The topological polar surface area (TPSA) is 61.0 Å². The van der Waals surface area contributed by atoms with Gasteiger partial charge in [-0.2, -0.15) is 18.3 Å². The van der Waals surface area contributed by atoms with Crippen molar-refractivity contribution in [1.29, 1.82) is 0 Å². The van der Waals surface area contributed by atoms with E-state index in [0.29, 0.717) is 0 Å². The second-order valence-electron chi connectivity index (χ2n) is 3.93. The lowest BCUT2D eigenvalue weighted by Crippen LogP contribution is -2.09. The zero-order valence-electron chi connectivity index (χ0n) is 9.76. The van der Waals surface area contributed by atoms with Crippen molar-refractivity contribution in [3.05, 3.63) is 57.7 Å². The van der Waals surface area contributed by atoms with Gasteiger partial charge in [-0.15, -0.1) is 0 Å². The number of nitro benzene ring substituents is 1. The lowest BCUT2D eigenvalue weighted by molar-refractivity contribution is -0.385. The van der Waals surface area contributed by atoms with Crippen LogP contribution in [0.3, 0.4) is 0 Å². The summed E-state index contributed by atoms with van der Waals surface area (Å²) in [5.41, 5.74) is -1.56. The number of alkyl halides is 3. The number of rotatable bonds is 3. The highest BCUT2D eigenvalue weighted by molar-refractivity contribution is 5.40. The third kappa shape index (κ3) is 2.92. The highest BCUT2D eigenvalue weighted by atomic mass is 19.4. The van der Waals surface area contributed by atoms with Gasteiger partial charge in [0.05, 0.1) is 17.0 Å². The zero-order valence-corrected chi connectivity index (χ0v) is 9.76. The van der Waals surface area contributed by atoms with E-state index in [0.717, 1.165) is 35.1 Å². The Morgan fingerprint density at radius 3 is 2.55 bits per heavy atom. The van der Waals surface area contributed by atoms with Crippen molar-refractivity contribution < 1.29 is 22.5 Å². The van der Waals surface area contributed by atoms with E-state index < -0.39 is 22.6 Å². The van der Waals surface area contributed by atoms with Crippen LogP contribution in [-0.4, -0.2) is 14.7 Å². The molecule has 0 aliphatic heterocycles. The summed E-state index contributed by atoms with van der Waals surface area (Å²) in [7, 11) is 0. The average Bonchev–Trinajstić information content (AvgIpc) is 2.76. The molecule has 1 aromatic heterocycles. The van der Waals surface area contributed by atoms with Gasteiger partial charge in [-0.1, -0.05) is 0 Å². The van der Waals surface area contributed by atoms with Gasteiger partial charge in [-0.3, -0.25) is 14.8 Å². The van der Waals surface area contributed by atoms with Gasteiger partial charge >= 0.3 is 6.18 Å². The molecule has 2 rings (SSSR count). The Labute approximate surface area is 109 Å². The summed E-state index contributed by atoms with van der Waals surface area (Å²) in [6.07, 6.45) is -3.57. The first kappa shape index (κ1) is 14.0. The first-order chi connectivity index (χ1) is 9.27. The minimum absolute atomic E-state index is 0.0631. The van der Waals surface area contributed by atoms with E-state index in [-0.39, 0.29) is 17.8 Å². The highest BCUT2D eigenvalue weighted by Crippen LogP contribution is 2.28. The first-order valence-electron chi connectivity index (χ1n) is 5.31. The summed E-state index contributed by atoms with van der Waals surface area (Å²) in [6.45, 7) is -0.329. The molecule has 2 aromatic rings. The summed E-state index contributed by atoms with van der Waals surface area (Å²) in [6, 6.07) is 3.50. The van der Waals surface area contributed by atoms with E-state index in [1.54, 1.807) is 0 Å². The molecular formula is C11H7F4N3O2. The van der Waals surface area contributed by atoms with Crippen LogP contribution < -0.4 is 0 Å². The minimum atomic E-state index is -4.60. The summed E-state index contributed by atoms with van der Waals surface area (Å²) in [5, 5.41) is 14.0. The van der Waals surface area contributed by atoms with Crippen LogP contribution in [-0.2, 0) is 12.7 Å². The predicted octanol–water partition coefficient (Wildman–Crippen LogP) is 3.00. The number of aromatic nitrogens is 2. The van der Waals surface area contributed by atoms with Crippen LogP contribution in [0.4, 0.5) is 23.2 Å². The maximum Gasteiger partial charge on any atom is 0.435 e. The first-order valence-corrected chi connectivity index (χ1v) is 5.31. The normalized spacial score (nSPS) is 11.6. The highest BCUT2D eigenvalue weighted by Gasteiger charge is 2.33. The minimum Gasteiger partial charge on any atom is -0.267 e. The van der Waals surface area contributed by atoms with Crippen LogP contribution in [0.2, 0.25) is 0 Å². The molecule has 0 fully saturated rings. The molecule has 106 valence electrons. The van der Waals surface area contributed by atoms with E-state index in [1.165, 1.54) is 0 Å². The molecule has 0 N–H and O–H groups in total. The van der Waals surface area contributed by atoms with Crippen LogP contribution in [0.5, 0.6) is 0 Å². The molecule has 0 saturated heterocycles. The number of halogens is 4. The van der Waals surface area contributed by atoms with Crippen molar-refractivity contribution in [3.8, 4) is 0 Å². The fourth-order valence-corrected chi connectivity index (χ4v) is 1.63. The van der Waals surface area contributed by atoms with Crippen LogP contribution >= 0.6 is 0 Å². The molecule has 0 saturated carbocycles. The lowest BCUT2D eigenvalue weighted by atomic mass is 10.2. The molecule has 0 aliphatic rings. The standard InChI is InChI=1S/C11H7F4N3O2/c12-8-1-2-9(18(19)20)7(5-8)6-17-4-3-10(16-17)11(13,14)15/h1-5H,6H2. The molecule has 5 nitrogen and oxygen atoms in total. The van der Waals surface area contributed by atoms with E-state index >= 15 is 0 Å². The molecule has 0 bridgehead atoms. The van der Waals surface area contributed by atoms with E-state index in [2.05, 4.69) is 5.10 Å². The van der Waals surface area contributed by atoms with Crippen molar-refractivity contribution in [2.45, 2.75) is 12.7 Å². The van der Waals surface area contributed by atoms with E-state index in [1.807, 2.05) is 0 Å². The maximum absolute atomic E-state index is 13.1. The fraction of sp³-hybridized carbons (Fsp3) is 0.182. The lowest BCUT2D eigenvalue weighted by Gasteiger charge is -2.04. The van der Waals surface area contributed by atoms with Gasteiger partial charge in [0, 0.05) is 12.3 Å². The largest absolute Gasteiger partial charge is 0.435 e. The van der Waals surface area contributed by atoms with Crippen LogP contribution in [0.1, 0.15) is 11.3 Å². The van der Waals surface area contributed by atoms with Crippen molar-refractivity contribution in [1.82, 2.24) is 9.78 Å². The SMILES string of the molecule is O=[N+]([O-])c1ccc(F)cc1Cn1ccc(C(F)(F)F)n1. The monoisotopic (exact) mass is 289 g/mol. The molecule has 20 heavy (non-hydrogen) atoms. The average molecular weight is 289 g/mol. The Kier molecular flexibility index (Phi) is 3.43. The maximum atomic E-state index is 13.1. The second-order valence-corrected chi connectivity index (χ2v) is 3.93. The van der Waals surface area contributed by atoms with Gasteiger partial charge in [0.2, 0.25) is 0 Å². The molecule has 1 aromatic carbocycles. The molecule has 0 radical (unpaired) electrons. The number of nitro groups is 1. The van der Waals surface area contributed by atoms with Gasteiger partial charge in [0.25, 0.3) is 5.69 Å². The molecule has 9 heteroatoms. The van der Waals surface area contributed by atoms with Gasteiger partial charge in [-0.05, 0) is 18.2 Å². The Balaban J connectivity index is 2.32. The van der Waals surface area contributed by atoms with E-state index in [4.69, 9.17) is 0 Å². The third-order valence-corrected chi connectivity index (χ3v) is 2.50. The van der Waals surface area contributed by atoms with Crippen molar-refractivity contribution >= 4 is 5.69 Å². The van der Waals surface area contributed by atoms with Crippen molar-refractivity contribution in [2.75, 3.05) is 0 Å². The molecule has 1 heterocycles. The molecular weight excluding hydrogens is 282 g/mol. The smallest absolute Gasteiger partial charge is 0.267 e. The summed E-state index contributed by atoms with van der Waals surface area (Å²) in [5.74, 6) is -0.714. The predicted molar refractivity (Wildman–Crippen MR) is 59.4 cm³/mol. The van der Waals surface area contributed by atoms with E-state index in [9.17, 15) is 27.7 Å². The zero-order chi connectivity index (χ0) is 14.9. The van der Waals surface area contributed by atoms with Gasteiger partial charge in [-0.25, -0.2) is 4.39 Å². The number of hydrogen-bond acceptors (Lipinski definition) is 3. The second kappa shape index (κ2) is 4.91. The van der Waals surface area contributed by atoms with Crippen LogP contribution in [0.15, 0.2) is 30.5 Å². The van der Waals surface area contributed by atoms with Crippen molar-refractivity contribution in [3.63, 3.8) is 0 Å². The van der Waals surface area contributed by atoms with Crippen molar-refractivity contribution in [2.24, 2.45) is 0 Å². The Bertz CT molecular complexity index is 651. The van der Waals surface area contributed by atoms with Gasteiger partial charge in [0.1, 0.15) is 5.82 Å². The molecule has 0 aliphatic carbocycles. The molecule has 0 amide bonds. The molecule has 0 unspecified atom stereocenters. The van der Waals surface area contributed by atoms with Crippen LogP contribution in [0.25, 0.3) is 0 Å². The molecule has 0 atom stereocenters. The number of benzene rings is 1. The summed E-state index contributed by atoms with van der Waals surface area (Å²) < 4.78 is 51.0. The summed E-state index contributed by atoms with van der Waals surface area (Å²) in [4.78, 5) is 10.0. The Morgan fingerprint density at radius 2 is 2.00 bits per heavy atom.